The Kier molecular flexibility index (Phi) is 6.56. The fourth-order valence-corrected chi connectivity index (χ4v) is 1.60. The maximum Gasteiger partial charge on any atom is 0.461 e. The van der Waals surface area contributed by atoms with E-state index in [0.717, 1.165) is 6.54 Å². The second-order valence-electron chi connectivity index (χ2n) is 4.25. The second-order valence-corrected chi connectivity index (χ2v) is 5.68. The third kappa shape index (κ3) is 5.03. The first-order valence-electron chi connectivity index (χ1n) is 5.81. The topological polar surface area (TPSA) is 61.1 Å². The molecule has 0 unspecified atom stereocenters. The Hall–Kier alpha value is -1.43. The lowest BCUT2D eigenvalue weighted by Gasteiger charge is -2.29. The molecular formula is C11H12F7NO3S. The van der Waals surface area contributed by atoms with E-state index in [9.17, 15) is 43.7 Å². The van der Waals surface area contributed by atoms with E-state index in [-0.39, 0.29) is 0 Å². The molecule has 4 nitrogen and oxygen atoms in total. The number of nitrogens with zero attached hydrogens (tertiary/aromatic N) is 1. The van der Waals surface area contributed by atoms with Gasteiger partial charge in [0.05, 0.1) is 0 Å². The van der Waals surface area contributed by atoms with Crippen LogP contribution in [-0.2, 0) is 16.7 Å². The molecule has 1 aromatic heterocycles. The molecule has 0 aliphatic carbocycles. The van der Waals surface area contributed by atoms with E-state index in [4.69, 9.17) is 0 Å². The molecule has 0 radical (unpaired) electrons. The van der Waals surface area contributed by atoms with Gasteiger partial charge in [-0.1, -0.05) is 0 Å². The quantitative estimate of drug-likeness (QED) is 0.466. The fourth-order valence-electron chi connectivity index (χ4n) is 1.17. The van der Waals surface area contributed by atoms with Crippen molar-refractivity contribution in [3.8, 4) is 0 Å². The highest BCUT2D eigenvalue weighted by Crippen LogP contribution is 2.48. The van der Waals surface area contributed by atoms with Crippen molar-refractivity contribution in [2.24, 2.45) is 0 Å². The molecular weight excluding hydrogens is 359 g/mol. The molecule has 1 aromatic rings. The molecule has 1 heterocycles. The Morgan fingerprint density at radius 3 is 1.83 bits per heavy atom. The summed E-state index contributed by atoms with van der Waals surface area (Å²) in [5, 5.41) is -6.72. The molecule has 0 N–H and O–H groups in total. The van der Waals surface area contributed by atoms with E-state index in [1.165, 1.54) is 5.56 Å². The van der Waals surface area contributed by atoms with Crippen LogP contribution < -0.4 is 4.57 Å². The Bertz CT molecular complexity index is 629. The van der Waals surface area contributed by atoms with E-state index in [2.05, 4.69) is 42.9 Å². The van der Waals surface area contributed by atoms with Gasteiger partial charge in [0, 0.05) is 11.6 Å². The van der Waals surface area contributed by atoms with Crippen LogP contribution in [0.15, 0.2) is 24.5 Å². The Labute approximate surface area is 127 Å². The number of hydrogen-bond acceptors (Lipinski definition) is 3. The van der Waals surface area contributed by atoms with E-state index in [0.29, 0.717) is 0 Å². The van der Waals surface area contributed by atoms with Crippen LogP contribution in [0, 0.1) is 6.92 Å². The standard InChI is InChI=1S/C8H12N.C3HF7O3S/c1-3-9-6-4-5-8(2)7-9;4-1(5,2(6,7)8)3(9,10)14(11,12)13/h4-7H,3H2,1-2H3;(H,11,12,13)/q+1;/p-1. The summed E-state index contributed by atoms with van der Waals surface area (Å²) in [6.45, 7) is 5.30. The highest BCUT2D eigenvalue weighted by atomic mass is 32.2. The summed E-state index contributed by atoms with van der Waals surface area (Å²) < 4.78 is 111. The zero-order valence-electron chi connectivity index (χ0n) is 11.7. The number of aromatic nitrogens is 1. The van der Waals surface area contributed by atoms with Crippen LogP contribution in [0.25, 0.3) is 0 Å². The molecule has 0 aliphatic heterocycles. The van der Waals surface area contributed by atoms with Gasteiger partial charge in [0.1, 0.15) is 6.54 Å². The average Bonchev–Trinajstić information content (AvgIpc) is 2.36. The minimum absolute atomic E-state index is 1.06. The lowest BCUT2D eigenvalue weighted by atomic mass is 10.3. The SMILES string of the molecule is CC[n+]1cccc(C)c1.O=S(=O)([O-])C(F)(F)C(F)(F)C(F)(F)F. The molecule has 23 heavy (non-hydrogen) atoms. The Balaban J connectivity index is 0.000000459. The zero-order chi connectivity index (χ0) is 18.7. The zero-order valence-corrected chi connectivity index (χ0v) is 12.6. The van der Waals surface area contributed by atoms with Gasteiger partial charge in [0.2, 0.25) is 0 Å². The normalized spacial score (nSPS) is 13.3. The van der Waals surface area contributed by atoms with Crippen molar-refractivity contribution >= 4 is 10.1 Å². The van der Waals surface area contributed by atoms with Gasteiger partial charge in [-0.2, -0.15) is 30.7 Å². The smallest absolute Gasteiger partial charge is 0.461 e. The first-order valence-corrected chi connectivity index (χ1v) is 7.22. The molecule has 0 saturated carbocycles. The van der Waals surface area contributed by atoms with Crippen molar-refractivity contribution in [3.63, 3.8) is 0 Å². The van der Waals surface area contributed by atoms with Gasteiger partial charge >= 0.3 is 17.4 Å². The van der Waals surface area contributed by atoms with Crippen molar-refractivity contribution in [2.75, 3.05) is 0 Å². The number of hydrogen-bond donors (Lipinski definition) is 0. The highest BCUT2D eigenvalue weighted by Gasteiger charge is 2.76. The summed E-state index contributed by atoms with van der Waals surface area (Å²) in [4.78, 5) is 0. The van der Waals surface area contributed by atoms with Crippen LogP contribution in [0.3, 0.4) is 0 Å². The van der Waals surface area contributed by atoms with E-state index >= 15 is 0 Å². The van der Waals surface area contributed by atoms with Crippen molar-refractivity contribution in [3.05, 3.63) is 30.1 Å². The first-order chi connectivity index (χ1) is 10.1. The number of aryl methyl sites for hydroxylation is 2. The molecule has 0 saturated heterocycles. The summed E-state index contributed by atoms with van der Waals surface area (Å²) >= 11 is 0. The van der Waals surface area contributed by atoms with Crippen LogP contribution in [0.1, 0.15) is 12.5 Å². The highest BCUT2D eigenvalue weighted by molar-refractivity contribution is 7.86. The third-order valence-electron chi connectivity index (χ3n) is 2.41. The summed E-state index contributed by atoms with van der Waals surface area (Å²) in [7, 11) is -7.10. The number of alkyl halides is 7. The molecule has 0 spiro atoms. The van der Waals surface area contributed by atoms with Crippen molar-refractivity contribution in [1.82, 2.24) is 0 Å². The first kappa shape index (κ1) is 21.6. The molecule has 0 aliphatic rings. The van der Waals surface area contributed by atoms with Gasteiger partial charge in [-0.05, 0) is 19.9 Å². The van der Waals surface area contributed by atoms with E-state index in [1.54, 1.807) is 0 Å². The van der Waals surface area contributed by atoms with Gasteiger partial charge in [0.25, 0.3) is 0 Å². The number of pyridine rings is 1. The molecule has 0 aromatic carbocycles. The summed E-state index contributed by atoms with van der Waals surface area (Å²) in [5.74, 6) is -6.92. The van der Waals surface area contributed by atoms with Crippen LogP contribution in [0.4, 0.5) is 30.7 Å². The summed E-state index contributed by atoms with van der Waals surface area (Å²) in [5.41, 5.74) is 1.32. The molecule has 0 amide bonds. The van der Waals surface area contributed by atoms with Crippen molar-refractivity contribution in [1.29, 1.82) is 0 Å². The number of halogens is 7. The molecule has 1 rings (SSSR count). The molecule has 0 atom stereocenters. The summed E-state index contributed by atoms with van der Waals surface area (Å²) in [6.07, 6.45) is -2.61. The van der Waals surface area contributed by atoms with E-state index in [1.807, 2.05) is 0 Å². The second kappa shape index (κ2) is 6.99. The minimum Gasteiger partial charge on any atom is -0.743 e. The fraction of sp³-hybridized carbons (Fsp3) is 0.545. The predicted molar refractivity (Wildman–Crippen MR) is 62.7 cm³/mol. The maximum absolute atomic E-state index is 11.8. The van der Waals surface area contributed by atoms with Crippen LogP contribution in [0.2, 0.25) is 0 Å². The largest absolute Gasteiger partial charge is 0.743 e. The van der Waals surface area contributed by atoms with Crippen LogP contribution >= 0.6 is 0 Å². The van der Waals surface area contributed by atoms with Gasteiger partial charge in [-0.3, -0.25) is 0 Å². The molecule has 134 valence electrons. The van der Waals surface area contributed by atoms with Crippen molar-refractivity contribution < 1.29 is 48.3 Å². The maximum atomic E-state index is 11.8. The van der Waals surface area contributed by atoms with E-state index < -0.39 is 27.5 Å². The lowest BCUT2D eigenvalue weighted by Crippen LogP contribution is -2.55. The number of rotatable bonds is 3. The average molecular weight is 371 g/mol. The Morgan fingerprint density at radius 1 is 1.13 bits per heavy atom. The molecule has 0 bridgehead atoms. The molecule has 12 heteroatoms. The van der Waals surface area contributed by atoms with Crippen LogP contribution in [0.5, 0.6) is 0 Å². The van der Waals surface area contributed by atoms with Gasteiger partial charge in [-0.25, -0.2) is 13.0 Å². The lowest BCUT2D eigenvalue weighted by molar-refractivity contribution is -0.693. The minimum atomic E-state index is -7.10. The van der Waals surface area contributed by atoms with Gasteiger partial charge in [-0.15, -0.1) is 0 Å². The monoisotopic (exact) mass is 371 g/mol. The summed E-state index contributed by atoms with van der Waals surface area (Å²) in [6, 6.07) is 4.17. The van der Waals surface area contributed by atoms with Crippen molar-refractivity contribution in [2.45, 2.75) is 37.7 Å². The Morgan fingerprint density at radius 2 is 1.61 bits per heavy atom. The van der Waals surface area contributed by atoms with Gasteiger partial charge in [0.15, 0.2) is 22.5 Å². The predicted octanol–water partition coefficient (Wildman–Crippen LogP) is 2.62. The molecule has 0 fully saturated rings. The van der Waals surface area contributed by atoms with Gasteiger partial charge < -0.3 is 4.55 Å². The third-order valence-corrected chi connectivity index (χ3v) is 3.29. The van der Waals surface area contributed by atoms with Crippen LogP contribution in [-0.4, -0.2) is 30.3 Å².